The molecule has 0 spiro atoms. The van der Waals surface area contributed by atoms with E-state index in [9.17, 15) is 9.90 Å². The van der Waals surface area contributed by atoms with Crippen molar-refractivity contribution in [3.63, 3.8) is 0 Å². The molecule has 1 aromatic heterocycles. The number of ether oxygens (including phenoxy) is 1. The Labute approximate surface area is 103 Å². The van der Waals surface area contributed by atoms with Crippen LogP contribution < -0.4 is 9.84 Å². The van der Waals surface area contributed by atoms with E-state index in [1.807, 2.05) is 24.3 Å². The van der Waals surface area contributed by atoms with Crippen molar-refractivity contribution < 1.29 is 14.6 Å². The molecule has 0 saturated carbocycles. The Balaban J connectivity index is 2.26. The van der Waals surface area contributed by atoms with Crippen molar-refractivity contribution in [3.05, 3.63) is 35.3 Å². The van der Waals surface area contributed by atoms with Crippen LogP contribution >= 0.6 is 11.3 Å². The number of hydrogen-bond donors (Lipinski definition) is 0. The highest BCUT2D eigenvalue weighted by Crippen LogP contribution is 2.26. The van der Waals surface area contributed by atoms with Crippen molar-refractivity contribution in [2.75, 3.05) is 7.11 Å². The lowest BCUT2D eigenvalue weighted by molar-refractivity contribution is -0.304. The summed E-state index contributed by atoms with van der Waals surface area (Å²) in [5, 5.41) is 13.0. The Morgan fingerprint density at radius 2 is 2.35 bits per heavy atom. The van der Waals surface area contributed by atoms with Gasteiger partial charge in [-0.15, -0.1) is 11.3 Å². The molecule has 0 amide bonds. The number of rotatable bonds is 4. The van der Waals surface area contributed by atoms with Gasteiger partial charge in [-0.05, 0) is 12.1 Å². The topological polar surface area (TPSA) is 62.2 Å². The fraction of sp³-hybridized carbons (Fsp3) is 0.167. The van der Waals surface area contributed by atoms with Gasteiger partial charge in [0.2, 0.25) is 0 Å². The van der Waals surface area contributed by atoms with Crippen molar-refractivity contribution in [1.82, 2.24) is 4.98 Å². The summed E-state index contributed by atoms with van der Waals surface area (Å²) in [7, 11) is 1.60. The molecule has 0 aliphatic heterocycles. The quantitative estimate of drug-likeness (QED) is 0.813. The lowest BCUT2D eigenvalue weighted by Gasteiger charge is -2.01. The van der Waals surface area contributed by atoms with Crippen LogP contribution in [0.2, 0.25) is 0 Å². The van der Waals surface area contributed by atoms with Crippen LogP contribution in [0.15, 0.2) is 29.6 Å². The zero-order valence-electron chi connectivity index (χ0n) is 9.17. The lowest BCUT2D eigenvalue weighted by atomic mass is 10.2. The first-order chi connectivity index (χ1) is 8.19. The van der Waals surface area contributed by atoms with E-state index in [1.54, 1.807) is 12.5 Å². The maximum atomic E-state index is 10.4. The molecule has 0 unspecified atom stereocenters. The molecular weight excluding hydrogens is 238 g/mol. The first kappa shape index (κ1) is 11.6. The van der Waals surface area contributed by atoms with Gasteiger partial charge >= 0.3 is 0 Å². The number of aliphatic carboxylic acids is 1. The molecule has 1 aromatic carbocycles. The van der Waals surface area contributed by atoms with E-state index in [-0.39, 0.29) is 6.42 Å². The zero-order valence-corrected chi connectivity index (χ0v) is 9.99. The third kappa shape index (κ3) is 2.82. The van der Waals surface area contributed by atoms with Crippen LogP contribution in [-0.4, -0.2) is 18.1 Å². The van der Waals surface area contributed by atoms with Gasteiger partial charge in [-0.1, -0.05) is 12.1 Å². The summed E-state index contributed by atoms with van der Waals surface area (Å²) in [5.74, 6) is -0.369. The molecule has 2 rings (SSSR count). The van der Waals surface area contributed by atoms with Crippen LogP contribution in [0.4, 0.5) is 0 Å². The largest absolute Gasteiger partial charge is 0.550 e. The van der Waals surface area contributed by atoms with Crippen molar-refractivity contribution >= 4 is 17.3 Å². The Hall–Kier alpha value is -1.88. The number of carboxylic acids is 1. The second-order valence-corrected chi connectivity index (χ2v) is 4.28. The maximum absolute atomic E-state index is 10.4. The average molecular weight is 248 g/mol. The number of nitrogens with zero attached hydrogens (tertiary/aromatic N) is 1. The van der Waals surface area contributed by atoms with Gasteiger partial charge in [0.05, 0.1) is 12.8 Å². The predicted molar refractivity (Wildman–Crippen MR) is 62.8 cm³/mol. The minimum absolute atomic E-state index is 0.152. The number of carbonyl (C=O) groups excluding carboxylic acids is 1. The second-order valence-electron chi connectivity index (χ2n) is 3.42. The molecule has 0 N–H and O–H groups in total. The van der Waals surface area contributed by atoms with Crippen molar-refractivity contribution in [1.29, 1.82) is 0 Å². The molecule has 0 radical (unpaired) electrons. The number of methoxy groups -OCH3 is 1. The third-order valence-electron chi connectivity index (χ3n) is 2.19. The second kappa shape index (κ2) is 4.97. The van der Waals surface area contributed by atoms with Crippen LogP contribution in [0.25, 0.3) is 10.6 Å². The molecule has 4 nitrogen and oxygen atoms in total. The molecule has 17 heavy (non-hydrogen) atoms. The van der Waals surface area contributed by atoms with Crippen molar-refractivity contribution in [2.24, 2.45) is 0 Å². The summed E-state index contributed by atoms with van der Waals surface area (Å²) in [4.78, 5) is 14.7. The van der Waals surface area contributed by atoms with E-state index in [0.717, 1.165) is 16.3 Å². The van der Waals surface area contributed by atoms with Gasteiger partial charge in [0.15, 0.2) is 0 Å². The molecule has 0 aliphatic rings. The number of carboxylic acid groups (broad SMARTS) is 1. The highest BCUT2D eigenvalue weighted by atomic mass is 32.1. The fourth-order valence-electron chi connectivity index (χ4n) is 1.42. The molecule has 1 heterocycles. The van der Waals surface area contributed by atoms with Crippen LogP contribution in [0.1, 0.15) is 5.69 Å². The summed E-state index contributed by atoms with van der Waals surface area (Å²) >= 11 is 1.41. The Morgan fingerprint density at radius 1 is 1.53 bits per heavy atom. The predicted octanol–water partition coefficient (Wildman–Crippen LogP) is 1.11. The Morgan fingerprint density at radius 3 is 3.06 bits per heavy atom. The average Bonchev–Trinajstić information content (AvgIpc) is 2.77. The van der Waals surface area contributed by atoms with E-state index in [4.69, 9.17) is 4.74 Å². The van der Waals surface area contributed by atoms with Gasteiger partial charge in [-0.2, -0.15) is 0 Å². The molecule has 0 aliphatic carbocycles. The SMILES string of the molecule is COc1cccc(-c2nc(CC(=O)[O-])cs2)c1. The highest BCUT2D eigenvalue weighted by molar-refractivity contribution is 7.13. The van der Waals surface area contributed by atoms with Crippen LogP contribution in [0, 0.1) is 0 Å². The summed E-state index contributed by atoms with van der Waals surface area (Å²) < 4.78 is 5.12. The van der Waals surface area contributed by atoms with E-state index < -0.39 is 5.97 Å². The normalized spacial score (nSPS) is 10.2. The summed E-state index contributed by atoms with van der Waals surface area (Å²) in [5.41, 5.74) is 1.44. The number of hydrogen-bond acceptors (Lipinski definition) is 5. The Kier molecular flexibility index (Phi) is 3.39. The van der Waals surface area contributed by atoms with Crippen molar-refractivity contribution in [3.8, 4) is 16.3 Å². The van der Waals surface area contributed by atoms with Gasteiger partial charge in [-0.25, -0.2) is 4.98 Å². The molecule has 2 aromatic rings. The van der Waals surface area contributed by atoms with Gasteiger partial charge in [0.25, 0.3) is 0 Å². The molecular formula is C12H10NO3S-. The van der Waals surface area contributed by atoms with E-state index >= 15 is 0 Å². The summed E-state index contributed by atoms with van der Waals surface area (Å²) in [6.07, 6.45) is -0.152. The minimum Gasteiger partial charge on any atom is -0.550 e. The standard InChI is InChI=1S/C12H11NO3S/c1-16-10-4-2-3-8(5-10)12-13-9(7-17-12)6-11(14)15/h2-5,7H,6H2,1H3,(H,14,15)/p-1. The molecule has 0 bridgehead atoms. The molecule has 0 saturated heterocycles. The summed E-state index contributed by atoms with van der Waals surface area (Å²) in [6, 6.07) is 7.49. The van der Waals surface area contributed by atoms with Gasteiger partial charge in [-0.3, -0.25) is 0 Å². The number of benzene rings is 1. The van der Waals surface area contributed by atoms with E-state index in [0.29, 0.717) is 5.69 Å². The molecule has 5 heteroatoms. The van der Waals surface area contributed by atoms with Gasteiger partial charge in [0, 0.05) is 23.3 Å². The fourth-order valence-corrected chi connectivity index (χ4v) is 2.24. The highest BCUT2D eigenvalue weighted by Gasteiger charge is 2.05. The molecule has 0 fully saturated rings. The lowest BCUT2D eigenvalue weighted by Crippen LogP contribution is -2.24. The van der Waals surface area contributed by atoms with Crippen LogP contribution in [0.3, 0.4) is 0 Å². The monoisotopic (exact) mass is 248 g/mol. The number of thiazole rings is 1. The molecule has 0 atom stereocenters. The third-order valence-corrected chi connectivity index (χ3v) is 3.13. The van der Waals surface area contributed by atoms with Crippen molar-refractivity contribution in [2.45, 2.75) is 6.42 Å². The summed E-state index contributed by atoms with van der Waals surface area (Å²) in [6.45, 7) is 0. The van der Waals surface area contributed by atoms with E-state index in [2.05, 4.69) is 4.98 Å². The Bertz CT molecular complexity index is 536. The first-order valence-corrected chi connectivity index (χ1v) is 5.85. The van der Waals surface area contributed by atoms with Crippen LogP contribution in [0.5, 0.6) is 5.75 Å². The number of carbonyl (C=O) groups is 1. The first-order valence-electron chi connectivity index (χ1n) is 4.97. The number of aromatic nitrogens is 1. The maximum Gasteiger partial charge on any atom is 0.123 e. The molecule has 88 valence electrons. The van der Waals surface area contributed by atoms with Gasteiger partial charge in [0.1, 0.15) is 10.8 Å². The smallest absolute Gasteiger partial charge is 0.123 e. The van der Waals surface area contributed by atoms with Crippen LogP contribution in [-0.2, 0) is 11.2 Å². The van der Waals surface area contributed by atoms with E-state index in [1.165, 1.54) is 11.3 Å². The minimum atomic E-state index is -1.12. The van der Waals surface area contributed by atoms with Gasteiger partial charge < -0.3 is 14.6 Å². The zero-order chi connectivity index (χ0) is 12.3.